The van der Waals surface area contributed by atoms with Gasteiger partial charge in [0, 0.05) is 5.02 Å². The minimum absolute atomic E-state index is 0.183. The third kappa shape index (κ3) is 6.33. The Balaban J connectivity index is 1.90. The highest BCUT2D eigenvalue weighted by atomic mass is 35.5. The monoisotopic (exact) mass is 495 g/mol. The number of amides is 1. The first kappa shape index (κ1) is 24.3. The zero-order chi connectivity index (χ0) is 24.1. The summed E-state index contributed by atoms with van der Waals surface area (Å²) in [7, 11) is -4.36. The Morgan fingerprint density at radius 2 is 1.70 bits per heavy atom. The van der Waals surface area contributed by atoms with Crippen LogP contribution in [0, 0.1) is 0 Å². The lowest BCUT2D eigenvalue weighted by Crippen LogP contribution is -2.39. The highest BCUT2D eigenvalue weighted by Gasteiger charge is 2.33. The quantitative estimate of drug-likeness (QED) is 0.381. The van der Waals surface area contributed by atoms with Crippen LogP contribution in [0.4, 0.5) is 18.9 Å². The summed E-state index contributed by atoms with van der Waals surface area (Å²) in [6.07, 6.45) is -3.40. The lowest BCUT2D eigenvalue weighted by Gasteiger charge is -2.24. The van der Waals surface area contributed by atoms with Gasteiger partial charge < -0.3 is 0 Å². The molecule has 0 saturated heterocycles. The molecule has 0 atom stereocenters. The number of anilines is 1. The maximum Gasteiger partial charge on any atom is 0.416 e. The molecule has 33 heavy (non-hydrogen) atoms. The van der Waals surface area contributed by atoms with Crippen LogP contribution in [0.5, 0.6) is 0 Å². The first-order valence-corrected chi connectivity index (χ1v) is 11.2. The summed E-state index contributed by atoms with van der Waals surface area (Å²) < 4.78 is 66.5. The van der Waals surface area contributed by atoms with Gasteiger partial charge in [-0.05, 0) is 48.0 Å². The Labute approximate surface area is 193 Å². The molecular weight excluding hydrogens is 479 g/mol. The van der Waals surface area contributed by atoms with Gasteiger partial charge in [-0.3, -0.25) is 9.10 Å². The number of carbonyl (C=O) groups is 1. The second-order valence-corrected chi connectivity index (χ2v) is 9.02. The fourth-order valence-corrected chi connectivity index (χ4v) is 4.44. The molecule has 3 aromatic carbocycles. The average molecular weight is 496 g/mol. The third-order valence-corrected chi connectivity index (χ3v) is 6.35. The van der Waals surface area contributed by atoms with Crippen LogP contribution in [0.3, 0.4) is 0 Å². The van der Waals surface area contributed by atoms with Crippen molar-refractivity contribution in [2.45, 2.75) is 11.1 Å². The lowest BCUT2D eigenvalue weighted by molar-refractivity contribution is -0.137. The zero-order valence-electron chi connectivity index (χ0n) is 16.8. The van der Waals surface area contributed by atoms with Crippen molar-refractivity contribution in [3.8, 4) is 0 Å². The standard InChI is InChI=1S/C22H17ClF3N3O3S/c23-18-8-4-6-16(12-18)14-27-28-21(30)15-29(33(31,32)20-10-2-1-3-11-20)19-9-5-7-17(13-19)22(24,25)26/h1-14H,15H2,(H,28,30)/b27-14-. The molecule has 11 heteroatoms. The van der Waals surface area contributed by atoms with E-state index in [-0.39, 0.29) is 10.6 Å². The van der Waals surface area contributed by atoms with Crippen molar-refractivity contribution in [2.24, 2.45) is 5.10 Å². The maximum atomic E-state index is 13.2. The van der Waals surface area contributed by atoms with Gasteiger partial charge in [-0.25, -0.2) is 13.8 Å². The van der Waals surface area contributed by atoms with Crippen LogP contribution in [0.25, 0.3) is 0 Å². The van der Waals surface area contributed by atoms with Crippen LogP contribution in [0.1, 0.15) is 11.1 Å². The lowest BCUT2D eigenvalue weighted by atomic mass is 10.2. The van der Waals surface area contributed by atoms with E-state index >= 15 is 0 Å². The van der Waals surface area contributed by atoms with E-state index in [1.54, 1.807) is 30.3 Å². The van der Waals surface area contributed by atoms with E-state index in [4.69, 9.17) is 11.6 Å². The van der Waals surface area contributed by atoms with Gasteiger partial charge in [0.1, 0.15) is 6.54 Å². The maximum absolute atomic E-state index is 13.2. The first-order valence-electron chi connectivity index (χ1n) is 9.40. The number of hydrogen-bond acceptors (Lipinski definition) is 4. The molecule has 0 fully saturated rings. The van der Waals surface area contributed by atoms with Crippen molar-refractivity contribution < 1.29 is 26.4 Å². The number of halogens is 4. The van der Waals surface area contributed by atoms with Crippen molar-refractivity contribution in [1.82, 2.24) is 5.43 Å². The largest absolute Gasteiger partial charge is 0.416 e. The van der Waals surface area contributed by atoms with Crippen molar-refractivity contribution in [1.29, 1.82) is 0 Å². The highest BCUT2D eigenvalue weighted by Crippen LogP contribution is 2.33. The van der Waals surface area contributed by atoms with Gasteiger partial charge >= 0.3 is 6.18 Å². The van der Waals surface area contributed by atoms with Crippen LogP contribution in [0.2, 0.25) is 5.02 Å². The average Bonchev–Trinajstić information content (AvgIpc) is 2.77. The van der Waals surface area contributed by atoms with Gasteiger partial charge in [0.2, 0.25) is 0 Å². The molecule has 0 heterocycles. The fraction of sp³-hybridized carbons (Fsp3) is 0.0909. The summed E-state index contributed by atoms with van der Waals surface area (Å²) >= 11 is 5.87. The number of benzene rings is 3. The predicted octanol–water partition coefficient (Wildman–Crippen LogP) is 4.70. The molecule has 172 valence electrons. The SMILES string of the molecule is O=C(CN(c1cccc(C(F)(F)F)c1)S(=O)(=O)c1ccccc1)N/N=C\c1cccc(Cl)c1. The van der Waals surface area contributed by atoms with E-state index in [9.17, 15) is 26.4 Å². The molecule has 0 aliphatic heterocycles. The summed E-state index contributed by atoms with van der Waals surface area (Å²) in [4.78, 5) is 12.3. The second-order valence-electron chi connectivity index (χ2n) is 6.72. The normalized spacial score (nSPS) is 12.0. The van der Waals surface area contributed by atoms with Crippen LogP contribution < -0.4 is 9.73 Å². The summed E-state index contributed by atoms with van der Waals surface area (Å²) in [5, 5.41) is 4.21. The minimum atomic E-state index is -4.69. The molecule has 3 aromatic rings. The van der Waals surface area contributed by atoms with Crippen LogP contribution in [-0.2, 0) is 21.0 Å². The molecule has 0 spiro atoms. The van der Waals surface area contributed by atoms with E-state index in [1.807, 2.05) is 0 Å². The van der Waals surface area contributed by atoms with Crippen LogP contribution >= 0.6 is 11.6 Å². The molecule has 0 aliphatic carbocycles. The molecule has 0 unspecified atom stereocenters. The number of sulfonamides is 1. The molecule has 0 bridgehead atoms. The topological polar surface area (TPSA) is 78.8 Å². The van der Waals surface area contributed by atoms with Crippen LogP contribution in [0.15, 0.2) is 88.9 Å². The summed E-state index contributed by atoms with van der Waals surface area (Å²) in [5.74, 6) is -0.856. The summed E-state index contributed by atoms with van der Waals surface area (Å²) in [6.45, 7) is -0.800. The molecular formula is C22H17ClF3N3O3S. The number of rotatable bonds is 7. The van der Waals surface area contributed by atoms with Gasteiger partial charge in [0.05, 0.1) is 22.4 Å². The predicted molar refractivity (Wildman–Crippen MR) is 120 cm³/mol. The molecule has 1 N–H and O–H groups in total. The number of nitrogens with one attached hydrogen (secondary N) is 1. The number of carbonyl (C=O) groups excluding carboxylic acids is 1. The molecule has 0 saturated carbocycles. The van der Waals surface area contributed by atoms with Gasteiger partial charge in [-0.1, -0.05) is 48.0 Å². The Hall–Kier alpha value is -3.37. The van der Waals surface area contributed by atoms with E-state index in [0.29, 0.717) is 21.0 Å². The van der Waals surface area contributed by atoms with Crippen molar-refractivity contribution >= 4 is 39.4 Å². The van der Waals surface area contributed by atoms with Gasteiger partial charge in [-0.15, -0.1) is 0 Å². The third-order valence-electron chi connectivity index (χ3n) is 4.33. The molecule has 0 radical (unpaired) electrons. The van der Waals surface area contributed by atoms with E-state index in [1.165, 1.54) is 36.5 Å². The van der Waals surface area contributed by atoms with Crippen molar-refractivity contribution in [3.05, 3.63) is 95.0 Å². The van der Waals surface area contributed by atoms with Crippen LogP contribution in [-0.4, -0.2) is 27.1 Å². The van der Waals surface area contributed by atoms with Crippen molar-refractivity contribution in [2.75, 3.05) is 10.8 Å². The number of hydrazone groups is 1. The Kier molecular flexibility index (Phi) is 7.39. The molecule has 1 amide bonds. The smallest absolute Gasteiger partial charge is 0.271 e. The van der Waals surface area contributed by atoms with Gasteiger partial charge in [0.25, 0.3) is 15.9 Å². The zero-order valence-corrected chi connectivity index (χ0v) is 18.4. The van der Waals surface area contributed by atoms with E-state index in [2.05, 4.69) is 10.5 Å². The fourth-order valence-electron chi connectivity index (χ4n) is 2.80. The minimum Gasteiger partial charge on any atom is -0.271 e. The number of hydrogen-bond donors (Lipinski definition) is 1. The van der Waals surface area contributed by atoms with Gasteiger partial charge in [-0.2, -0.15) is 18.3 Å². The van der Waals surface area contributed by atoms with Crippen molar-refractivity contribution in [3.63, 3.8) is 0 Å². The molecule has 0 aliphatic rings. The summed E-state index contributed by atoms with van der Waals surface area (Å²) in [6, 6.07) is 17.4. The number of nitrogens with zero attached hydrogens (tertiary/aromatic N) is 2. The highest BCUT2D eigenvalue weighted by molar-refractivity contribution is 7.92. The molecule has 0 aromatic heterocycles. The molecule has 3 rings (SSSR count). The Bertz CT molecular complexity index is 1270. The summed E-state index contributed by atoms with van der Waals surface area (Å²) in [5.41, 5.74) is 1.39. The second kappa shape index (κ2) is 10.1. The Morgan fingerprint density at radius 3 is 2.36 bits per heavy atom. The Morgan fingerprint density at radius 1 is 1.00 bits per heavy atom. The number of alkyl halides is 3. The first-order chi connectivity index (χ1) is 15.6. The van der Waals surface area contributed by atoms with Gasteiger partial charge in [0.15, 0.2) is 0 Å². The van der Waals surface area contributed by atoms with E-state index in [0.717, 1.165) is 12.1 Å². The molecule has 6 nitrogen and oxygen atoms in total. The van der Waals surface area contributed by atoms with E-state index < -0.39 is 34.2 Å².